The van der Waals surface area contributed by atoms with Gasteiger partial charge in [-0.3, -0.25) is 9.69 Å². The molecule has 0 atom stereocenters. The van der Waals surface area contributed by atoms with Gasteiger partial charge in [0, 0.05) is 18.0 Å². The second kappa shape index (κ2) is 7.11. The van der Waals surface area contributed by atoms with Crippen molar-refractivity contribution >= 4 is 43.5 Å². The Balaban J connectivity index is 1.63. The second-order valence-corrected chi connectivity index (χ2v) is 7.78. The van der Waals surface area contributed by atoms with E-state index in [1.54, 1.807) is 11.9 Å². The number of nitrogens with zero attached hydrogens (tertiary/aromatic N) is 3. The number of amides is 1. The summed E-state index contributed by atoms with van der Waals surface area (Å²) in [4.78, 5) is 24.5. The average molecular weight is 395 g/mol. The van der Waals surface area contributed by atoms with Crippen molar-refractivity contribution in [2.24, 2.45) is 0 Å². The standard InChI is InChI=1S/C24H17N3OS/c1-27(24-26-20-13-7-8-14-22(20)29-24)23(28)18-15-21(16-9-3-2-4-10-16)25-19-12-6-5-11-17(18)19/h2-15H,1H3. The topological polar surface area (TPSA) is 46.1 Å². The number of hydrogen-bond acceptors (Lipinski definition) is 4. The molecule has 0 saturated carbocycles. The van der Waals surface area contributed by atoms with Crippen LogP contribution in [0.3, 0.4) is 0 Å². The van der Waals surface area contributed by atoms with E-state index in [2.05, 4.69) is 4.98 Å². The number of rotatable bonds is 3. The third kappa shape index (κ3) is 3.15. The summed E-state index contributed by atoms with van der Waals surface area (Å²) in [5, 5.41) is 1.52. The van der Waals surface area contributed by atoms with E-state index in [9.17, 15) is 4.79 Å². The van der Waals surface area contributed by atoms with Gasteiger partial charge in [0.15, 0.2) is 5.13 Å². The Kier molecular flexibility index (Phi) is 4.30. The summed E-state index contributed by atoms with van der Waals surface area (Å²) < 4.78 is 1.06. The predicted octanol–water partition coefficient (Wildman–Crippen LogP) is 5.79. The van der Waals surface area contributed by atoms with Crippen molar-refractivity contribution in [2.45, 2.75) is 0 Å². The van der Waals surface area contributed by atoms with E-state index in [1.165, 1.54) is 11.3 Å². The van der Waals surface area contributed by atoms with Crippen LogP contribution in [0.25, 0.3) is 32.4 Å². The smallest absolute Gasteiger partial charge is 0.260 e. The molecule has 140 valence electrons. The van der Waals surface area contributed by atoms with E-state index in [4.69, 9.17) is 4.98 Å². The minimum atomic E-state index is -0.0974. The molecule has 0 saturated heterocycles. The molecule has 0 fully saturated rings. The molecule has 29 heavy (non-hydrogen) atoms. The maximum atomic E-state index is 13.5. The quantitative estimate of drug-likeness (QED) is 0.388. The number of pyridine rings is 1. The van der Waals surface area contributed by atoms with Crippen LogP contribution in [0.2, 0.25) is 0 Å². The normalized spacial score (nSPS) is 11.1. The zero-order valence-corrected chi connectivity index (χ0v) is 16.6. The van der Waals surface area contributed by atoms with E-state index in [0.717, 1.165) is 32.4 Å². The Hall–Kier alpha value is -3.57. The van der Waals surface area contributed by atoms with Crippen molar-refractivity contribution in [1.82, 2.24) is 9.97 Å². The van der Waals surface area contributed by atoms with Crippen LogP contribution < -0.4 is 4.90 Å². The van der Waals surface area contributed by atoms with Gasteiger partial charge in [-0.1, -0.05) is 72.0 Å². The first-order chi connectivity index (χ1) is 14.2. The van der Waals surface area contributed by atoms with Crippen molar-refractivity contribution in [3.8, 4) is 11.3 Å². The Morgan fingerprint density at radius 2 is 1.52 bits per heavy atom. The SMILES string of the molecule is CN(C(=O)c1cc(-c2ccccc2)nc2ccccc12)c1nc2ccccc2s1. The highest BCUT2D eigenvalue weighted by Gasteiger charge is 2.21. The number of benzene rings is 3. The molecule has 5 rings (SSSR count). The molecule has 5 heteroatoms. The first-order valence-corrected chi connectivity index (χ1v) is 10.1. The molecule has 0 bridgehead atoms. The first-order valence-electron chi connectivity index (χ1n) is 9.29. The minimum absolute atomic E-state index is 0.0974. The van der Waals surface area contributed by atoms with E-state index < -0.39 is 0 Å². The van der Waals surface area contributed by atoms with Crippen LogP contribution in [0.15, 0.2) is 84.9 Å². The second-order valence-electron chi connectivity index (χ2n) is 6.77. The number of carbonyl (C=O) groups is 1. The molecule has 3 aromatic carbocycles. The van der Waals surface area contributed by atoms with Crippen LogP contribution in [0.1, 0.15) is 10.4 Å². The lowest BCUT2D eigenvalue weighted by Crippen LogP contribution is -2.26. The van der Waals surface area contributed by atoms with Crippen LogP contribution in [0.4, 0.5) is 5.13 Å². The fourth-order valence-electron chi connectivity index (χ4n) is 3.38. The van der Waals surface area contributed by atoms with E-state index in [0.29, 0.717) is 10.7 Å². The Morgan fingerprint density at radius 1 is 0.828 bits per heavy atom. The third-order valence-corrected chi connectivity index (χ3v) is 6.00. The number of para-hydroxylation sites is 2. The first kappa shape index (κ1) is 17.5. The molecule has 2 heterocycles. The van der Waals surface area contributed by atoms with Crippen molar-refractivity contribution in [3.05, 3.63) is 90.5 Å². The summed E-state index contributed by atoms with van der Waals surface area (Å²) in [6.07, 6.45) is 0. The number of anilines is 1. The van der Waals surface area contributed by atoms with Crippen LogP contribution in [0, 0.1) is 0 Å². The van der Waals surface area contributed by atoms with Gasteiger partial charge in [0.1, 0.15) is 0 Å². The lowest BCUT2D eigenvalue weighted by molar-refractivity contribution is 0.0994. The van der Waals surface area contributed by atoms with Gasteiger partial charge in [-0.2, -0.15) is 0 Å². The van der Waals surface area contributed by atoms with E-state index in [-0.39, 0.29) is 5.91 Å². The molecule has 0 unspecified atom stereocenters. The van der Waals surface area contributed by atoms with Gasteiger partial charge in [-0.25, -0.2) is 9.97 Å². The molecule has 0 aliphatic rings. The summed E-state index contributed by atoms with van der Waals surface area (Å²) in [6.45, 7) is 0. The lowest BCUT2D eigenvalue weighted by atomic mass is 10.0. The molecule has 4 nitrogen and oxygen atoms in total. The fraction of sp³-hybridized carbons (Fsp3) is 0.0417. The van der Waals surface area contributed by atoms with Crippen molar-refractivity contribution in [3.63, 3.8) is 0 Å². The van der Waals surface area contributed by atoms with Gasteiger partial charge < -0.3 is 0 Å². The van der Waals surface area contributed by atoms with E-state index in [1.807, 2.05) is 84.9 Å². The van der Waals surface area contributed by atoms with Crippen LogP contribution >= 0.6 is 11.3 Å². The molecule has 0 radical (unpaired) electrons. The molecule has 2 aromatic heterocycles. The number of aromatic nitrogens is 2. The molecule has 0 N–H and O–H groups in total. The molecule has 0 aliphatic carbocycles. The Labute approximate surface area is 172 Å². The monoisotopic (exact) mass is 395 g/mol. The summed E-state index contributed by atoms with van der Waals surface area (Å²) in [5.41, 5.74) is 4.09. The minimum Gasteiger partial charge on any atom is -0.287 e. The van der Waals surface area contributed by atoms with Crippen LogP contribution in [-0.2, 0) is 0 Å². The molecule has 0 aliphatic heterocycles. The largest absolute Gasteiger partial charge is 0.287 e. The highest BCUT2D eigenvalue weighted by atomic mass is 32.1. The van der Waals surface area contributed by atoms with Crippen LogP contribution in [0.5, 0.6) is 0 Å². The number of thiazole rings is 1. The zero-order chi connectivity index (χ0) is 19.8. The van der Waals surface area contributed by atoms with Crippen molar-refractivity contribution in [1.29, 1.82) is 0 Å². The third-order valence-electron chi connectivity index (χ3n) is 4.89. The number of fused-ring (bicyclic) bond motifs is 2. The Bertz CT molecular complexity index is 1310. The van der Waals surface area contributed by atoms with Crippen molar-refractivity contribution in [2.75, 3.05) is 11.9 Å². The maximum Gasteiger partial charge on any atom is 0.260 e. The molecular formula is C24H17N3OS. The zero-order valence-electron chi connectivity index (χ0n) is 15.7. The van der Waals surface area contributed by atoms with Gasteiger partial charge in [-0.15, -0.1) is 0 Å². The van der Waals surface area contributed by atoms with E-state index >= 15 is 0 Å². The maximum absolute atomic E-state index is 13.5. The summed E-state index contributed by atoms with van der Waals surface area (Å²) in [6, 6.07) is 27.5. The number of hydrogen-bond donors (Lipinski definition) is 0. The predicted molar refractivity (Wildman–Crippen MR) is 120 cm³/mol. The van der Waals surface area contributed by atoms with Crippen molar-refractivity contribution < 1.29 is 4.79 Å². The molecule has 1 amide bonds. The summed E-state index contributed by atoms with van der Waals surface area (Å²) in [5.74, 6) is -0.0974. The van der Waals surface area contributed by atoms with Gasteiger partial charge in [0.25, 0.3) is 5.91 Å². The summed E-state index contributed by atoms with van der Waals surface area (Å²) >= 11 is 1.51. The number of carbonyl (C=O) groups excluding carboxylic acids is 1. The lowest BCUT2D eigenvalue weighted by Gasteiger charge is -2.16. The molecule has 0 spiro atoms. The van der Waals surface area contributed by atoms with Crippen LogP contribution in [-0.4, -0.2) is 22.9 Å². The average Bonchev–Trinajstić information content (AvgIpc) is 3.22. The molecule has 5 aromatic rings. The van der Waals surface area contributed by atoms with Gasteiger partial charge in [0.2, 0.25) is 0 Å². The van der Waals surface area contributed by atoms with Gasteiger partial charge >= 0.3 is 0 Å². The fourth-order valence-corrected chi connectivity index (χ4v) is 4.31. The van der Waals surface area contributed by atoms with Gasteiger partial charge in [0.05, 0.1) is 27.0 Å². The highest BCUT2D eigenvalue weighted by molar-refractivity contribution is 7.22. The highest BCUT2D eigenvalue weighted by Crippen LogP contribution is 2.31. The molecular weight excluding hydrogens is 378 g/mol. The summed E-state index contributed by atoms with van der Waals surface area (Å²) in [7, 11) is 1.78. The Morgan fingerprint density at radius 3 is 2.31 bits per heavy atom. The van der Waals surface area contributed by atoms with Gasteiger partial charge in [-0.05, 0) is 24.3 Å².